The quantitative estimate of drug-likeness (QED) is 0.730. The number of carbonyl (C=O) groups excluding carboxylic acids is 1. The van der Waals surface area contributed by atoms with E-state index in [1.807, 2.05) is 35.0 Å². The van der Waals surface area contributed by atoms with Gasteiger partial charge in [-0.25, -0.2) is 14.5 Å². The van der Waals surface area contributed by atoms with E-state index in [0.717, 1.165) is 31.0 Å². The minimum atomic E-state index is -0.0822. The van der Waals surface area contributed by atoms with E-state index in [2.05, 4.69) is 20.0 Å². The van der Waals surface area contributed by atoms with Crippen molar-refractivity contribution in [3.8, 4) is 0 Å². The van der Waals surface area contributed by atoms with Crippen molar-refractivity contribution in [3.05, 3.63) is 54.1 Å². The highest BCUT2D eigenvalue weighted by molar-refractivity contribution is 5.99. The van der Waals surface area contributed by atoms with Gasteiger partial charge in [0.25, 0.3) is 5.91 Å². The summed E-state index contributed by atoms with van der Waals surface area (Å²) in [7, 11) is 3.47. The molecule has 0 radical (unpaired) electrons. The Hall–Kier alpha value is -2.96. The monoisotopic (exact) mass is 336 g/mol. The second-order valence-electron chi connectivity index (χ2n) is 6.48. The van der Waals surface area contributed by atoms with Gasteiger partial charge < -0.3 is 9.80 Å². The molecule has 0 aromatic carbocycles. The van der Waals surface area contributed by atoms with E-state index in [1.165, 1.54) is 0 Å². The zero-order valence-corrected chi connectivity index (χ0v) is 14.3. The van der Waals surface area contributed by atoms with Crippen molar-refractivity contribution in [3.63, 3.8) is 0 Å². The van der Waals surface area contributed by atoms with Crippen LogP contribution in [0.15, 0.2) is 42.9 Å². The van der Waals surface area contributed by atoms with E-state index >= 15 is 0 Å². The molecule has 0 bridgehead atoms. The Bertz CT molecular complexity index is 904. The summed E-state index contributed by atoms with van der Waals surface area (Å²) < 4.78 is 1.81. The van der Waals surface area contributed by atoms with Gasteiger partial charge in [-0.3, -0.25) is 4.79 Å². The van der Waals surface area contributed by atoms with Gasteiger partial charge in [0.2, 0.25) is 0 Å². The first-order valence-corrected chi connectivity index (χ1v) is 8.35. The Morgan fingerprint density at radius 3 is 2.84 bits per heavy atom. The summed E-state index contributed by atoms with van der Waals surface area (Å²) in [6, 6.07) is 7.96. The van der Waals surface area contributed by atoms with Gasteiger partial charge in [0.05, 0.1) is 11.9 Å². The first-order chi connectivity index (χ1) is 12.1. The van der Waals surface area contributed by atoms with Crippen LogP contribution in [-0.4, -0.2) is 57.6 Å². The third kappa shape index (κ3) is 2.71. The van der Waals surface area contributed by atoms with Crippen molar-refractivity contribution >= 4 is 17.4 Å². The number of aromatic nitrogens is 4. The average molecular weight is 336 g/mol. The molecule has 7 nitrogen and oxygen atoms in total. The number of pyridine rings is 1. The standard InChI is InChI=1S/C18H20N6O/c1-22(2)18(25)14-11-21-24-15(6-9-20-17(14)24)13-7-10-23(12-13)16-5-3-4-8-19-16/h3-6,8-9,11,13H,7,10,12H2,1-2H3/t13-/m0/s1. The van der Waals surface area contributed by atoms with E-state index in [4.69, 9.17) is 0 Å². The summed E-state index contributed by atoms with van der Waals surface area (Å²) in [4.78, 5) is 25.0. The SMILES string of the molecule is CN(C)C(=O)c1cnn2c([C@H]3CCN(c4ccccn4)C3)ccnc12. The van der Waals surface area contributed by atoms with Crippen molar-refractivity contribution in [1.29, 1.82) is 0 Å². The summed E-state index contributed by atoms with van der Waals surface area (Å²) >= 11 is 0. The number of nitrogens with zero attached hydrogens (tertiary/aromatic N) is 6. The predicted molar refractivity (Wildman–Crippen MR) is 94.8 cm³/mol. The second-order valence-corrected chi connectivity index (χ2v) is 6.48. The number of carbonyl (C=O) groups is 1. The van der Waals surface area contributed by atoms with Crippen LogP contribution in [-0.2, 0) is 0 Å². The molecule has 1 aliphatic rings. The highest BCUT2D eigenvalue weighted by Crippen LogP contribution is 2.30. The minimum absolute atomic E-state index is 0.0822. The zero-order valence-electron chi connectivity index (χ0n) is 14.3. The molecule has 0 saturated carbocycles. The number of hydrogen-bond donors (Lipinski definition) is 0. The van der Waals surface area contributed by atoms with Crippen molar-refractivity contribution in [2.45, 2.75) is 12.3 Å². The van der Waals surface area contributed by atoms with E-state index in [1.54, 1.807) is 31.4 Å². The third-order valence-electron chi connectivity index (χ3n) is 4.65. The van der Waals surface area contributed by atoms with Crippen LogP contribution in [0.25, 0.3) is 5.65 Å². The Morgan fingerprint density at radius 2 is 2.08 bits per heavy atom. The van der Waals surface area contributed by atoms with Crippen LogP contribution >= 0.6 is 0 Å². The molecule has 1 atom stereocenters. The molecule has 4 heterocycles. The molecule has 0 spiro atoms. The van der Waals surface area contributed by atoms with Gasteiger partial charge >= 0.3 is 0 Å². The predicted octanol–water partition coefficient (Wildman–Crippen LogP) is 1.82. The normalized spacial score (nSPS) is 17.2. The lowest BCUT2D eigenvalue weighted by atomic mass is 10.0. The van der Waals surface area contributed by atoms with Crippen LogP contribution < -0.4 is 4.90 Å². The molecule has 1 aliphatic heterocycles. The first kappa shape index (κ1) is 15.6. The lowest BCUT2D eigenvalue weighted by Crippen LogP contribution is -2.22. The molecule has 3 aromatic rings. The average Bonchev–Trinajstić information content (AvgIpc) is 3.29. The Balaban J connectivity index is 1.65. The molecule has 4 rings (SSSR count). The number of anilines is 1. The summed E-state index contributed by atoms with van der Waals surface area (Å²) in [5.74, 6) is 1.25. The smallest absolute Gasteiger partial charge is 0.258 e. The van der Waals surface area contributed by atoms with Gasteiger partial charge in [0.15, 0.2) is 5.65 Å². The van der Waals surface area contributed by atoms with Crippen LogP contribution in [0.1, 0.15) is 28.4 Å². The van der Waals surface area contributed by atoms with Crippen LogP contribution in [0, 0.1) is 0 Å². The molecular weight excluding hydrogens is 316 g/mol. The fraction of sp³-hybridized carbons (Fsp3) is 0.333. The van der Waals surface area contributed by atoms with Gasteiger partial charge in [-0.1, -0.05) is 6.07 Å². The van der Waals surface area contributed by atoms with Gasteiger partial charge in [0, 0.05) is 45.5 Å². The fourth-order valence-corrected chi connectivity index (χ4v) is 3.36. The lowest BCUT2D eigenvalue weighted by molar-refractivity contribution is 0.0829. The molecule has 128 valence electrons. The van der Waals surface area contributed by atoms with Gasteiger partial charge in [-0.2, -0.15) is 5.10 Å². The topological polar surface area (TPSA) is 66.6 Å². The van der Waals surface area contributed by atoms with E-state index in [9.17, 15) is 4.79 Å². The molecule has 1 saturated heterocycles. The van der Waals surface area contributed by atoms with Crippen molar-refractivity contribution in [2.24, 2.45) is 0 Å². The highest BCUT2D eigenvalue weighted by atomic mass is 16.2. The molecule has 0 aliphatic carbocycles. The van der Waals surface area contributed by atoms with E-state index in [-0.39, 0.29) is 5.91 Å². The molecule has 3 aromatic heterocycles. The Kier molecular flexibility index (Phi) is 3.83. The maximum atomic E-state index is 12.3. The fourth-order valence-electron chi connectivity index (χ4n) is 3.36. The van der Waals surface area contributed by atoms with Crippen molar-refractivity contribution < 1.29 is 4.79 Å². The van der Waals surface area contributed by atoms with Crippen molar-refractivity contribution in [2.75, 3.05) is 32.1 Å². The number of hydrogen-bond acceptors (Lipinski definition) is 5. The maximum Gasteiger partial charge on any atom is 0.258 e. The number of amides is 1. The molecule has 1 fully saturated rings. The lowest BCUT2D eigenvalue weighted by Gasteiger charge is -2.17. The largest absolute Gasteiger partial charge is 0.356 e. The molecule has 25 heavy (non-hydrogen) atoms. The molecule has 0 unspecified atom stereocenters. The zero-order chi connectivity index (χ0) is 17.4. The molecular formula is C18H20N6O. The Labute approximate surface area is 145 Å². The summed E-state index contributed by atoms with van der Waals surface area (Å²) in [5.41, 5.74) is 2.24. The summed E-state index contributed by atoms with van der Waals surface area (Å²) in [6.07, 6.45) is 6.22. The van der Waals surface area contributed by atoms with Crippen molar-refractivity contribution in [1.82, 2.24) is 24.5 Å². The van der Waals surface area contributed by atoms with Crippen LogP contribution in [0.3, 0.4) is 0 Å². The maximum absolute atomic E-state index is 12.3. The van der Waals surface area contributed by atoms with Crippen LogP contribution in [0.4, 0.5) is 5.82 Å². The number of fused-ring (bicyclic) bond motifs is 1. The van der Waals surface area contributed by atoms with E-state index in [0.29, 0.717) is 17.1 Å². The van der Waals surface area contributed by atoms with Gasteiger partial charge in [-0.05, 0) is 24.6 Å². The summed E-state index contributed by atoms with van der Waals surface area (Å²) in [6.45, 7) is 1.84. The van der Waals surface area contributed by atoms with E-state index < -0.39 is 0 Å². The van der Waals surface area contributed by atoms with Crippen LogP contribution in [0.5, 0.6) is 0 Å². The van der Waals surface area contributed by atoms with Gasteiger partial charge in [0.1, 0.15) is 11.4 Å². The minimum Gasteiger partial charge on any atom is -0.356 e. The first-order valence-electron chi connectivity index (χ1n) is 8.35. The molecule has 0 N–H and O–H groups in total. The summed E-state index contributed by atoms with van der Waals surface area (Å²) in [5, 5.41) is 4.44. The molecule has 7 heteroatoms. The van der Waals surface area contributed by atoms with Crippen LogP contribution in [0.2, 0.25) is 0 Å². The van der Waals surface area contributed by atoms with Gasteiger partial charge in [-0.15, -0.1) is 0 Å². The third-order valence-corrected chi connectivity index (χ3v) is 4.65. The second kappa shape index (κ2) is 6.16. The number of rotatable bonds is 3. The highest BCUT2D eigenvalue weighted by Gasteiger charge is 2.28. The Morgan fingerprint density at radius 1 is 1.20 bits per heavy atom. The molecule has 1 amide bonds.